The summed E-state index contributed by atoms with van der Waals surface area (Å²) in [5.74, 6) is -0.228. The van der Waals surface area contributed by atoms with Crippen molar-refractivity contribution in [3.05, 3.63) is 95.4 Å². The Bertz CT molecular complexity index is 1370. The molecular weight excluding hydrogens is 509 g/mol. The Morgan fingerprint density at radius 1 is 0.692 bits per heavy atom. The van der Waals surface area contributed by atoms with E-state index in [0.717, 1.165) is 60.8 Å². The van der Waals surface area contributed by atoms with E-state index in [-0.39, 0.29) is 5.82 Å². The Labute approximate surface area is 235 Å². The summed E-state index contributed by atoms with van der Waals surface area (Å²) in [7, 11) is 0. The molecule has 0 aliphatic carbocycles. The number of nitrogens with zero attached hydrogens (tertiary/aromatic N) is 5. The highest BCUT2D eigenvalue weighted by atomic mass is 35.5. The van der Waals surface area contributed by atoms with Crippen molar-refractivity contribution in [2.45, 2.75) is 19.4 Å². The quantitative estimate of drug-likeness (QED) is 0.264. The summed E-state index contributed by atoms with van der Waals surface area (Å²) in [5, 5.41) is 5.55. The Kier molecular flexibility index (Phi) is 8.07. The van der Waals surface area contributed by atoms with Crippen molar-refractivity contribution in [1.82, 2.24) is 24.5 Å². The molecule has 7 heteroatoms. The first kappa shape index (κ1) is 26.2. The number of aromatic nitrogens is 2. The number of piperazine rings is 1. The number of benzene rings is 3. The van der Waals surface area contributed by atoms with E-state index in [0.29, 0.717) is 5.02 Å². The van der Waals surface area contributed by atoms with Gasteiger partial charge in [0.2, 0.25) is 0 Å². The zero-order valence-electron chi connectivity index (χ0n) is 22.3. The molecule has 3 aromatic carbocycles. The lowest BCUT2D eigenvalue weighted by molar-refractivity contribution is 0.118. The molecule has 4 aromatic rings. The van der Waals surface area contributed by atoms with Crippen molar-refractivity contribution >= 4 is 11.6 Å². The predicted octanol–water partition coefficient (Wildman–Crippen LogP) is 6.21. The normalized spacial score (nSPS) is 17.2. The summed E-state index contributed by atoms with van der Waals surface area (Å²) in [6.07, 6.45) is 4.72. The van der Waals surface area contributed by atoms with Crippen molar-refractivity contribution in [2.75, 3.05) is 52.4 Å². The van der Waals surface area contributed by atoms with Crippen molar-refractivity contribution in [2.24, 2.45) is 0 Å². The molecule has 0 spiro atoms. The van der Waals surface area contributed by atoms with Crippen molar-refractivity contribution in [3.8, 4) is 28.1 Å². The van der Waals surface area contributed by atoms with Gasteiger partial charge in [0.15, 0.2) is 0 Å². The average molecular weight is 544 g/mol. The molecule has 2 aliphatic rings. The van der Waals surface area contributed by atoms with Crippen LogP contribution in [0.2, 0.25) is 5.02 Å². The zero-order chi connectivity index (χ0) is 26.6. The molecule has 0 unspecified atom stereocenters. The number of halogens is 2. The maximum atomic E-state index is 13.4. The largest absolute Gasteiger partial charge is 0.302 e. The van der Waals surface area contributed by atoms with E-state index in [1.807, 2.05) is 29.1 Å². The molecule has 202 valence electrons. The Balaban J connectivity index is 1.20. The van der Waals surface area contributed by atoms with Gasteiger partial charge in [-0.15, -0.1) is 0 Å². The van der Waals surface area contributed by atoms with E-state index >= 15 is 0 Å². The van der Waals surface area contributed by atoms with E-state index in [9.17, 15) is 4.39 Å². The third-order valence-corrected chi connectivity index (χ3v) is 8.26. The minimum Gasteiger partial charge on any atom is -0.302 e. The third kappa shape index (κ3) is 6.25. The van der Waals surface area contributed by atoms with Crippen molar-refractivity contribution in [1.29, 1.82) is 0 Å². The van der Waals surface area contributed by atoms with Gasteiger partial charge in [0.25, 0.3) is 0 Å². The summed E-state index contributed by atoms with van der Waals surface area (Å²) >= 11 is 6.42. The third-order valence-electron chi connectivity index (χ3n) is 8.02. The van der Waals surface area contributed by atoms with Gasteiger partial charge in [0.1, 0.15) is 5.82 Å². The minimum absolute atomic E-state index is 0.228. The maximum absolute atomic E-state index is 13.4. The van der Waals surface area contributed by atoms with Crippen LogP contribution in [0.25, 0.3) is 28.1 Å². The first-order chi connectivity index (χ1) is 19.1. The second-order valence-corrected chi connectivity index (χ2v) is 11.1. The molecule has 2 fully saturated rings. The van der Waals surface area contributed by atoms with Crippen LogP contribution in [0.3, 0.4) is 0 Å². The molecule has 0 radical (unpaired) electrons. The van der Waals surface area contributed by atoms with Crippen LogP contribution in [0.4, 0.5) is 4.39 Å². The highest BCUT2D eigenvalue weighted by molar-refractivity contribution is 6.30. The SMILES string of the molecule is Fc1ccc(-c2ccc(-n3ncc(CN4CCN(CCN5CCCC5)CC4)c3-c3cccc(Cl)c3)cc2)cc1. The van der Waals surface area contributed by atoms with Gasteiger partial charge in [0.05, 0.1) is 17.6 Å². The van der Waals surface area contributed by atoms with Gasteiger partial charge >= 0.3 is 0 Å². The number of likely N-dealkylation sites (tertiary alicyclic amines) is 1. The lowest BCUT2D eigenvalue weighted by Crippen LogP contribution is -2.47. The zero-order valence-corrected chi connectivity index (χ0v) is 23.0. The molecule has 0 amide bonds. The van der Waals surface area contributed by atoms with Crippen LogP contribution in [-0.2, 0) is 6.54 Å². The van der Waals surface area contributed by atoms with Crippen LogP contribution >= 0.6 is 11.6 Å². The molecule has 2 aliphatic heterocycles. The van der Waals surface area contributed by atoms with Crippen LogP contribution in [0, 0.1) is 5.82 Å². The molecule has 0 N–H and O–H groups in total. The van der Waals surface area contributed by atoms with Crippen LogP contribution in [0.5, 0.6) is 0 Å². The van der Waals surface area contributed by atoms with E-state index < -0.39 is 0 Å². The van der Waals surface area contributed by atoms with E-state index in [2.05, 4.69) is 45.0 Å². The summed E-state index contributed by atoms with van der Waals surface area (Å²) < 4.78 is 15.4. The van der Waals surface area contributed by atoms with Crippen molar-refractivity contribution < 1.29 is 4.39 Å². The molecule has 3 heterocycles. The summed E-state index contributed by atoms with van der Waals surface area (Å²) in [5.41, 5.74) is 6.33. The maximum Gasteiger partial charge on any atom is 0.123 e. The van der Waals surface area contributed by atoms with Crippen LogP contribution < -0.4 is 0 Å². The second-order valence-electron chi connectivity index (χ2n) is 10.7. The highest BCUT2D eigenvalue weighted by Crippen LogP contribution is 2.31. The standard InChI is InChI=1S/C32H35ClFN5/c33-29-5-3-4-27(22-29)32-28(24-38-20-18-37(19-21-38)17-16-36-14-1-2-15-36)23-35-39(32)31-12-8-26(9-13-31)25-6-10-30(34)11-7-25/h3-13,22-23H,1-2,14-21,24H2. The number of rotatable bonds is 8. The first-order valence-corrected chi connectivity index (χ1v) is 14.4. The lowest BCUT2D eigenvalue weighted by Gasteiger charge is -2.35. The molecule has 0 saturated carbocycles. The van der Waals surface area contributed by atoms with Gasteiger partial charge in [-0.3, -0.25) is 9.80 Å². The monoisotopic (exact) mass is 543 g/mol. The minimum atomic E-state index is -0.228. The van der Waals surface area contributed by atoms with Crippen LogP contribution in [-0.4, -0.2) is 76.8 Å². The smallest absolute Gasteiger partial charge is 0.123 e. The van der Waals surface area contributed by atoms with E-state index in [4.69, 9.17) is 16.7 Å². The topological polar surface area (TPSA) is 27.5 Å². The van der Waals surface area contributed by atoms with E-state index in [1.165, 1.54) is 56.7 Å². The van der Waals surface area contributed by atoms with Crippen molar-refractivity contribution in [3.63, 3.8) is 0 Å². The summed E-state index contributed by atoms with van der Waals surface area (Å²) in [6, 6.07) is 22.9. The van der Waals surface area contributed by atoms with Gasteiger partial charge in [-0.2, -0.15) is 5.10 Å². The lowest BCUT2D eigenvalue weighted by atomic mass is 10.0. The molecule has 0 bridgehead atoms. The Morgan fingerprint density at radius 2 is 1.31 bits per heavy atom. The van der Waals surface area contributed by atoms with E-state index in [1.54, 1.807) is 12.1 Å². The molecular formula is C32H35ClFN5. The number of hydrogen-bond acceptors (Lipinski definition) is 4. The fourth-order valence-electron chi connectivity index (χ4n) is 5.78. The van der Waals surface area contributed by atoms with Crippen LogP contribution in [0.15, 0.2) is 79.0 Å². The first-order valence-electron chi connectivity index (χ1n) is 14.0. The van der Waals surface area contributed by atoms with Gasteiger partial charge in [-0.1, -0.05) is 48.0 Å². The van der Waals surface area contributed by atoms with Gasteiger partial charge in [0, 0.05) is 62.0 Å². The summed E-state index contributed by atoms with van der Waals surface area (Å²) in [4.78, 5) is 7.75. The molecule has 39 heavy (non-hydrogen) atoms. The van der Waals surface area contributed by atoms with Gasteiger partial charge in [-0.25, -0.2) is 9.07 Å². The Hall–Kier alpha value is -3.03. The fraction of sp³-hybridized carbons (Fsp3) is 0.344. The van der Waals surface area contributed by atoms with Crippen LogP contribution in [0.1, 0.15) is 18.4 Å². The molecule has 2 saturated heterocycles. The fourth-order valence-corrected chi connectivity index (χ4v) is 5.97. The molecule has 0 atom stereocenters. The molecule has 1 aromatic heterocycles. The second kappa shape index (κ2) is 12.0. The number of hydrogen-bond donors (Lipinski definition) is 0. The van der Waals surface area contributed by atoms with Gasteiger partial charge < -0.3 is 4.90 Å². The van der Waals surface area contributed by atoms with Gasteiger partial charge in [-0.05, 0) is 73.5 Å². The predicted molar refractivity (Wildman–Crippen MR) is 157 cm³/mol. The molecule has 5 nitrogen and oxygen atoms in total. The highest BCUT2D eigenvalue weighted by Gasteiger charge is 2.22. The summed E-state index contributed by atoms with van der Waals surface area (Å²) in [6.45, 7) is 10.1. The average Bonchev–Trinajstić information content (AvgIpc) is 3.64. The Morgan fingerprint density at radius 3 is 1.97 bits per heavy atom. The molecule has 6 rings (SSSR count).